The van der Waals surface area contributed by atoms with E-state index in [0.29, 0.717) is 6.04 Å². The Bertz CT molecular complexity index is 372. The number of nitrogens with one attached hydrogen (secondary N) is 1. The summed E-state index contributed by atoms with van der Waals surface area (Å²) >= 11 is 5.40. The van der Waals surface area contributed by atoms with E-state index >= 15 is 0 Å². The van der Waals surface area contributed by atoms with E-state index in [1.807, 2.05) is 11.3 Å². The second-order valence-corrected chi connectivity index (χ2v) is 7.16. The molecule has 1 aliphatic rings. The van der Waals surface area contributed by atoms with Crippen molar-refractivity contribution in [3.8, 4) is 0 Å². The number of halogens is 1. The first-order valence-corrected chi connectivity index (χ1v) is 8.42. The minimum Gasteiger partial charge on any atom is -0.317 e. The molecule has 1 aliphatic carbocycles. The van der Waals surface area contributed by atoms with E-state index in [2.05, 4.69) is 58.6 Å². The number of rotatable bonds is 4. The standard InChI is InChI=1S/C14H23BrN2S/c1-10(14-8-11(15)9-18-14)17(3)13-6-4-12(16-2)5-7-13/h8-10,12-13,16H,4-7H2,1-3H3. The highest BCUT2D eigenvalue weighted by atomic mass is 79.9. The van der Waals surface area contributed by atoms with Gasteiger partial charge in [0.2, 0.25) is 0 Å². The minimum atomic E-state index is 0.525. The zero-order valence-corrected chi connectivity index (χ0v) is 13.9. The normalized spacial score (nSPS) is 26.5. The van der Waals surface area contributed by atoms with E-state index in [1.54, 1.807) is 0 Å². The van der Waals surface area contributed by atoms with Crippen LogP contribution in [0.4, 0.5) is 0 Å². The SMILES string of the molecule is CNC1CCC(N(C)C(C)c2cc(Br)cs2)CC1. The van der Waals surface area contributed by atoms with Crippen LogP contribution in [0.1, 0.15) is 43.5 Å². The third-order valence-electron chi connectivity index (χ3n) is 4.29. The zero-order valence-electron chi connectivity index (χ0n) is 11.4. The summed E-state index contributed by atoms with van der Waals surface area (Å²) in [5.41, 5.74) is 0. The average Bonchev–Trinajstić information content (AvgIpc) is 2.84. The molecular formula is C14H23BrN2S. The Kier molecular flexibility index (Phi) is 5.24. The van der Waals surface area contributed by atoms with Gasteiger partial charge in [0.1, 0.15) is 0 Å². The molecule has 1 aromatic rings. The summed E-state index contributed by atoms with van der Waals surface area (Å²) in [4.78, 5) is 4.02. The second kappa shape index (κ2) is 6.51. The third-order valence-corrected chi connectivity index (χ3v) is 6.16. The van der Waals surface area contributed by atoms with E-state index in [4.69, 9.17) is 0 Å². The quantitative estimate of drug-likeness (QED) is 0.896. The molecule has 2 nitrogen and oxygen atoms in total. The van der Waals surface area contributed by atoms with Gasteiger partial charge in [-0.15, -0.1) is 11.3 Å². The summed E-state index contributed by atoms with van der Waals surface area (Å²) in [7, 11) is 4.36. The van der Waals surface area contributed by atoms with Crippen LogP contribution in [0.25, 0.3) is 0 Å². The Morgan fingerprint density at radius 1 is 1.39 bits per heavy atom. The highest BCUT2D eigenvalue weighted by Gasteiger charge is 2.26. The van der Waals surface area contributed by atoms with Gasteiger partial charge >= 0.3 is 0 Å². The maximum atomic E-state index is 3.55. The summed E-state index contributed by atoms with van der Waals surface area (Å²) in [6.45, 7) is 2.32. The fraction of sp³-hybridized carbons (Fsp3) is 0.714. The molecule has 4 heteroatoms. The van der Waals surface area contributed by atoms with Crippen LogP contribution >= 0.6 is 27.3 Å². The monoisotopic (exact) mass is 330 g/mol. The highest BCUT2D eigenvalue weighted by molar-refractivity contribution is 9.10. The zero-order chi connectivity index (χ0) is 13.1. The molecule has 1 atom stereocenters. The predicted molar refractivity (Wildman–Crippen MR) is 83.3 cm³/mol. The lowest BCUT2D eigenvalue weighted by atomic mass is 9.90. The van der Waals surface area contributed by atoms with Crippen LogP contribution in [0.15, 0.2) is 15.9 Å². The van der Waals surface area contributed by atoms with Gasteiger partial charge in [-0.05, 0) is 68.7 Å². The predicted octanol–water partition coefficient (Wildman–Crippen LogP) is 4.03. The summed E-state index contributed by atoms with van der Waals surface area (Å²) in [6, 6.07) is 4.26. The van der Waals surface area contributed by atoms with Gasteiger partial charge in [-0.2, -0.15) is 0 Å². The van der Waals surface area contributed by atoms with Crippen molar-refractivity contribution in [1.29, 1.82) is 0 Å². The van der Waals surface area contributed by atoms with Gasteiger partial charge in [-0.25, -0.2) is 0 Å². The van der Waals surface area contributed by atoms with Crippen LogP contribution in [0.2, 0.25) is 0 Å². The van der Waals surface area contributed by atoms with Crippen LogP contribution in [0, 0.1) is 0 Å². The van der Waals surface area contributed by atoms with Crippen molar-refractivity contribution in [3.63, 3.8) is 0 Å². The molecule has 0 radical (unpaired) electrons. The lowest BCUT2D eigenvalue weighted by Crippen LogP contribution is -2.40. The molecule has 0 aromatic carbocycles. The van der Waals surface area contributed by atoms with Gasteiger partial charge in [0, 0.05) is 32.9 Å². The lowest BCUT2D eigenvalue weighted by molar-refractivity contribution is 0.138. The van der Waals surface area contributed by atoms with Gasteiger partial charge < -0.3 is 5.32 Å². The number of thiophene rings is 1. The number of hydrogen-bond donors (Lipinski definition) is 1. The van der Waals surface area contributed by atoms with Crippen LogP contribution in [-0.2, 0) is 0 Å². The fourth-order valence-corrected chi connectivity index (χ4v) is 4.39. The van der Waals surface area contributed by atoms with Crippen LogP contribution in [-0.4, -0.2) is 31.1 Å². The fourth-order valence-electron chi connectivity index (χ4n) is 2.84. The summed E-state index contributed by atoms with van der Waals surface area (Å²) in [6.07, 6.45) is 5.26. The molecule has 18 heavy (non-hydrogen) atoms. The van der Waals surface area contributed by atoms with Crippen molar-refractivity contribution < 1.29 is 0 Å². The van der Waals surface area contributed by atoms with Gasteiger partial charge in [-0.3, -0.25) is 4.90 Å². The molecule has 1 aromatic heterocycles. The molecule has 0 amide bonds. The maximum Gasteiger partial charge on any atom is 0.0413 e. The van der Waals surface area contributed by atoms with E-state index in [0.717, 1.165) is 12.1 Å². The molecule has 0 spiro atoms. The van der Waals surface area contributed by atoms with Crippen molar-refractivity contribution >= 4 is 27.3 Å². The molecule has 0 saturated heterocycles. The number of hydrogen-bond acceptors (Lipinski definition) is 3. The number of nitrogens with zero attached hydrogens (tertiary/aromatic N) is 1. The van der Waals surface area contributed by atoms with Gasteiger partial charge in [-0.1, -0.05) is 0 Å². The van der Waals surface area contributed by atoms with Gasteiger partial charge in [0.15, 0.2) is 0 Å². The average molecular weight is 331 g/mol. The van der Waals surface area contributed by atoms with Crippen LogP contribution < -0.4 is 5.32 Å². The van der Waals surface area contributed by atoms with Crippen molar-refractivity contribution in [1.82, 2.24) is 10.2 Å². The van der Waals surface area contributed by atoms with Gasteiger partial charge in [0.25, 0.3) is 0 Å². The van der Waals surface area contributed by atoms with Crippen molar-refractivity contribution in [2.24, 2.45) is 0 Å². The molecular weight excluding hydrogens is 308 g/mol. The molecule has 0 aliphatic heterocycles. The van der Waals surface area contributed by atoms with E-state index < -0.39 is 0 Å². The second-order valence-electron chi connectivity index (χ2n) is 5.30. The molecule has 102 valence electrons. The Morgan fingerprint density at radius 3 is 2.56 bits per heavy atom. The van der Waals surface area contributed by atoms with Crippen molar-refractivity contribution in [2.75, 3.05) is 14.1 Å². The molecule has 0 bridgehead atoms. The Labute approximate surface area is 123 Å². The lowest BCUT2D eigenvalue weighted by Gasteiger charge is -2.37. The van der Waals surface area contributed by atoms with E-state index in [-0.39, 0.29) is 0 Å². The maximum absolute atomic E-state index is 3.55. The Morgan fingerprint density at radius 2 is 2.06 bits per heavy atom. The van der Waals surface area contributed by atoms with Crippen LogP contribution in [0.3, 0.4) is 0 Å². The largest absolute Gasteiger partial charge is 0.317 e. The summed E-state index contributed by atoms with van der Waals surface area (Å²) < 4.78 is 1.21. The molecule has 1 fully saturated rings. The van der Waals surface area contributed by atoms with E-state index in [1.165, 1.54) is 35.0 Å². The van der Waals surface area contributed by atoms with E-state index in [9.17, 15) is 0 Å². The molecule has 1 N–H and O–H groups in total. The molecule has 1 saturated carbocycles. The summed E-state index contributed by atoms with van der Waals surface area (Å²) in [5.74, 6) is 0. The van der Waals surface area contributed by atoms with Crippen molar-refractivity contribution in [2.45, 2.75) is 50.7 Å². The Hall–Kier alpha value is 0.1000. The smallest absolute Gasteiger partial charge is 0.0413 e. The van der Waals surface area contributed by atoms with Crippen LogP contribution in [0.5, 0.6) is 0 Å². The first-order chi connectivity index (χ1) is 8.61. The first-order valence-electron chi connectivity index (χ1n) is 6.75. The summed E-state index contributed by atoms with van der Waals surface area (Å²) in [5, 5.41) is 5.58. The third kappa shape index (κ3) is 3.35. The van der Waals surface area contributed by atoms with Crippen molar-refractivity contribution in [3.05, 3.63) is 20.8 Å². The Balaban J connectivity index is 1.93. The highest BCUT2D eigenvalue weighted by Crippen LogP contribution is 2.32. The molecule has 1 unspecified atom stereocenters. The topological polar surface area (TPSA) is 15.3 Å². The molecule has 1 heterocycles. The molecule has 2 rings (SSSR count). The van der Waals surface area contributed by atoms with Gasteiger partial charge in [0.05, 0.1) is 0 Å². The first kappa shape index (κ1) is 14.5. The minimum absolute atomic E-state index is 0.525.